The van der Waals surface area contributed by atoms with Crippen LogP contribution < -0.4 is 4.57 Å². The standard InChI is InChI=1S/C20H27N2O5/c1-16(23)27-14-20(2,13-25-4)19(24)26-12-18-7-5-17(6-8-18)11-22-10-9-21(3)15-22/h5-10,15H,11-14H2,1-4H3/q+1. The molecule has 0 aliphatic carbocycles. The largest absolute Gasteiger partial charge is 0.465 e. The van der Waals surface area contributed by atoms with Crippen LogP contribution in [0.25, 0.3) is 0 Å². The van der Waals surface area contributed by atoms with Gasteiger partial charge in [-0.15, -0.1) is 0 Å². The van der Waals surface area contributed by atoms with E-state index in [4.69, 9.17) is 14.2 Å². The molecule has 1 aromatic carbocycles. The Kier molecular flexibility index (Phi) is 7.12. The molecule has 1 heterocycles. The first kappa shape index (κ1) is 20.6. The van der Waals surface area contributed by atoms with Crippen molar-refractivity contribution < 1.29 is 28.4 Å². The molecule has 0 N–H and O–H groups in total. The maximum absolute atomic E-state index is 12.5. The van der Waals surface area contributed by atoms with Crippen LogP contribution in [-0.2, 0) is 44.0 Å². The van der Waals surface area contributed by atoms with E-state index in [-0.39, 0.29) is 19.8 Å². The summed E-state index contributed by atoms with van der Waals surface area (Å²) in [5, 5.41) is 0. The van der Waals surface area contributed by atoms with Crippen LogP contribution in [0.5, 0.6) is 0 Å². The molecule has 7 heteroatoms. The highest BCUT2D eigenvalue weighted by Gasteiger charge is 2.36. The van der Waals surface area contributed by atoms with Gasteiger partial charge in [-0.1, -0.05) is 24.3 Å². The fourth-order valence-corrected chi connectivity index (χ4v) is 2.61. The van der Waals surface area contributed by atoms with Gasteiger partial charge in [0.1, 0.15) is 37.6 Å². The second-order valence-electron chi connectivity index (χ2n) is 6.92. The normalized spacial score (nSPS) is 13.0. The van der Waals surface area contributed by atoms with Crippen molar-refractivity contribution in [3.05, 3.63) is 54.1 Å². The zero-order valence-corrected chi connectivity index (χ0v) is 16.3. The van der Waals surface area contributed by atoms with Gasteiger partial charge in [0.05, 0.1) is 13.7 Å². The third kappa shape index (κ3) is 6.21. The summed E-state index contributed by atoms with van der Waals surface area (Å²) in [6, 6.07) is 7.89. The summed E-state index contributed by atoms with van der Waals surface area (Å²) in [7, 11) is 3.47. The number of aromatic nitrogens is 2. The minimum atomic E-state index is -1.04. The second-order valence-corrected chi connectivity index (χ2v) is 6.92. The van der Waals surface area contributed by atoms with E-state index in [1.807, 2.05) is 54.6 Å². The van der Waals surface area contributed by atoms with Crippen LogP contribution in [0.1, 0.15) is 25.0 Å². The summed E-state index contributed by atoms with van der Waals surface area (Å²) in [6.45, 7) is 3.90. The van der Waals surface area contributed by atoms with Crippen molar-refractivity contribution in [1.82, 2.24) is 4.57 Å². The number of carbonyl (C=O) groups is 2. The Bertz CT molecular complexity index is 769. The molecule has 1 unspecified atom stereocenters. The molecule has 0 aliphatic rings. The zero-order valence-electron chi connectivity index (χ0n) is 16.3. The van der Waals surface area contributed by atoms with Crippen molar-refractivity contribution in [2.75, 3.05) is 20.3 Å². The zero-order chi connectivity index (χ0) is 19.9. The molecule has 1 atom stereocenters. The van der Waals surface area contributed by atoms with E-state index in [0.29, 0.717) is 0 Å². The number of carbonyl (C=O) groups excluding carboxylic acids is 2. The molecule has 27 heavy (non-hydrogen) atoms. The fourth-order valence-electron chi connectivity index (χ4n) is 2.61. The van der Waals surface area contributed by atoms with Crippen molar-refractivity contribution in [2.45, 2.75) is 27.0 Å². The Morgan fingerprint density at radius 1 is 1.11 bits per heavy atom. The Labute approximate surface area is 159 Å². The van der Waals surface area contributed by atoms with E-state index in [1.165, 1.54) is 14.0 Å². The van der Waals surface area contributed by atoms with E-state index in [0.717, 1.165) is 17.7 Å². The lowest BCUT2D eigenvalue weighted by Crippen LogP contribution is -2.39. The van der Waals surface area contributed by atoms with E-state index < -0.39 is 17.4 Å². The Morgan fingerprint density at radius 3 is 2.33 bits per heavy atom. The third-order valence-electron chi connectivity index (χ3n) is 4.13. The molecule has 0 aliphatic heterocycles. The smallest absolute Gasteiger partial charge is 0.317 e. The highest BCUT2D eigenvalue weighted by atomic mass is 16.6. The number of rotatable bonds is 9. The first-order valence-corrected chi connectivity index (χ1v) is 8.71. The summed E-state index contributed by atoms with van der Waals surface area (Å²) in [4.78, 5) is 23.5. The molecule has 0 saturated heterocycles. The fraction of sp³-hybridized carbons (Fsp3) is 0.450. The summed E-state index contributed by atoms with van der Waals surface area (Å²) in [6.07, 6.45) is 6.01. The van der Waals surface area contributed by atoms with Crippen molar-refractivity contribution in [3.8, 4) is 0 Å². The number of esters is 2. The summed E-state index contributed by atoms with van der Waals surface area (Å²) in [5.41, 5.74) is 1.00. The van der Waals surface area contributed by atoms with Crippen molar-refractivity contribution in [3.63, 3.8) is 0 Å². The summed E-state index contributed by atoms with van der Waals surface area (Å²) < 4.78 is 19.6. The molecular formula is C20H27N2O5+. The molecule has 0 fully saturated rings. The Hall–Kier alpha value is -2.67. The average Bonchev–Trinajstić information content (AvgIpc) is 3.04. The van der Waals surface area contributed by atoms with Gasteiger partial charge in [0, 0.05) is 14.0 Å². The van der Waals surface area contributed by atoms with E-state index in [1.54, 1.807) is 6.92 Å². The van der Waals surface area contributed by atoms with Gasteiger partial charge < -0.3 is 14.2 Å². The number of ether oxygens (including phenoxy) is 3. The maximum atomic E-state index is 12.5. The number of benzene rings is 1. The molecule has 1 aromatic heterocycles. The minimum absolute atomic E-state index is 0.0811. The number of nitrogens with zero attached hydrogens (tertiary/aromatic N) is 2. The van der Waals surface area contributed by atoms with Gasteiger partial charge in [-0.05, 0) is 18.1 Å². The van der Waals surface area contributed by atoms with Crippen molar-refractivity contribution in [2.24, 2.45) is 12.5 Å². The minimum Gasteiger partial charge on any atom is -0.465 e. The van der Waals surface area contributed by atoms with Gasteiger partial charge in [-0.3, -0.25) is 9.59 Å². The van der Waals surface area contributed by atoms with Gasteiger partial charge in [0.25, 0.3) is 0 Å². The van der Waals surface area contributed by atoms with E-state index in [9.17, 15) is 9.59 Å². The predicted molar refractivity (Wildman–Crippen MR) is 97.6 cm³/mol. The molecule has 0 radical (unpaired) electrons. The van der Waals surface area contributed by atoms with Gasteiger partial charge in [-0.25, -0.2) is 9.13 Å². The molecule has 2 aromatic rings. The first-order valence-electron chi connectivity index (χ1n) is 8.71. The summed E-state index contributed by atoms with van der Waals surface area (Å²) >= 11 is 0. The molecule has 2 rings (SSSR count). The predicted octanol–water partition coefficient (Wildman–Crippen LogP) is 1.62. The number of aryl methyl sites for hydroxylation is 1. The maximum Gasteiger partial charge on any atom is 0.317 e. The van der Waals surface area contributed by atoms with Crippen LogP contribution in [0.3, 0.4) is 0 Å². The van der Waals surface area contributed by atoms with E-state index >= 15 is 0 Å². The molecule has 146 valence electrons. The Balaban J connectivity index is 1.91. The third-order valence-corrected chi connectivity index (χ3v) is 4.13. The number of imidazole rings is 1. The van der Waals surface area contributed by atoms with Gasteiger partial charge in [0.15, 0.2) is 0 Å². The quantitative estimate of drug-likeness (QED) is 0.492. The van der Waals surface area contributed by atoms with Gasteiger partial charge in [-0.2, -0.15) is 0 Å². The molecule has 0 spiro atoms. The SMILES string of the molecule is COCC(C)(COC(C)=O)C(=O)OCc1ccc(C[n+]2ccn(C)c2)cc1. The topological polar surface area (TPSA) is 70.6 Å². The molecule has 0 saturated carbocycles. The van der Waals surface area contributed by atoms with Crippen molar-refractivity contribution in [1.29, 1.82) is 0 Å². The van der Waals surface area contributed by atoms with Crippen LogP contribution in [-0.4, -0.2) is 36.8 Å². The number of methoxy groups -OCH3 is 1. The monoisotopic (exact) mass is 375 g/mol. The lowest BCUT2D eigenvalue weighted by molar-refractivity contribution is -0.687. The lowest BCUT2D eigenvalue weighted by atomic mass is 9.93. The lowest BCUT2D eigenvalue weighted by Gasteiger charge is -2.25. The molecule has 0 bridgehead atoms. The summed E-state index contributed by atoms with van der Waals surface area (Å²) in [5.74, 6) is -0.911. The highest BCUT2D eigenvalue weighted by molar-refractivity contribution is 5.77. The molecule has 0 amide bonds. The van der Waals surface area contributed by atoms with Crippen molar-refractivity contribution >= 4 is 11.9 Å². The van der Waals surface area contributed by atoms with Gasteiger partial charge >= 0.3 is 11.9 Å². The average molecular weight is 375 g/mol. The van der Waals surface area contributed by atoms with Crippen LogP contribution in [0, 0.1) is 5.41 Å². The second kappa shape index (κ2) is 9.32. The van der Waals surface area contributed by atoms with Crippen LogP contribution in [0.15, 0.2) is 43.0 Å². The Morgan fingerprint density at radius 2 is 1.78 bits per heavy atom. The van der Waals surface area contributed by atoms with Crippen LogP contribution >= 0.6 is 0 Å². The van der Waals surface area contributed by atoms with Crippen LogP contribution in [0.4, 0.5) is 0 Å². The van der Waals surface area contributed by atoms with Crippen LogP contribution in [0.2, 0.25) is 0 Å². The van der Waals surface area contributed by atoms with E-state index in [2.05, 4.69) is 4.57 Å². The first-order chi connectivity index (χ1) is 12.8. The molecule has 7 nitrogen and oxygen atoms in total. The van der Waals surface area contributed by atoms with Gasteiger partial charge in [0.2, 0.25) is 6.33 Å². The number of hydrogen-bond acceptors (Lipinski definition) is 5. The molecular weight excluding hydrogens is 348 g/mol. The highest BCUT2D eigenvalue weighted by Crippen LogP contribution is 2.21. The number of hydrogen-bond donors (Lipinski definition) is 0.